The standard InChI is InChI=1S/C11H12O3/c1-7(2)6-10(14)11-8(12)4-3-5-9(11)13/h3-6,12-13H,1-2H3. The van der Waals surface area contributed by atoms with Crippen molar-refractivity contribution in [1.82, 2.24) is 0 Å². The van der Waals surface area contributed by atoms with E-state index in [1.807, 2.05) is 0 Å². The lowest BCUT2D eigenvalue weighted by molar-refractivity contribution is 0.104. The summed E-state index contributed by atoms with van der Waals surface area (Å²) in [5, 5.41) is 18.7. The second kappa shape index (κ2) is 3.96. The second-order valence-corrected chi connectivity index (χ2v) is 3.26. The SMILES string of the molecule is CC(C)=CC(=O)c1c(O)cccc1O. The normalized spacial score (nSPS) is 9.57. The minimum absolute atomic E-state index is 0.0475. The Kier molecular flexibility index (Phi) is 2.92. The average molecular weight is 192 g/mol. The van der Waals surface area contributed by atoms with Gasteiger partial charge >= 0.3 is 0 Å². The van der Waals surface area contributed by atoms with Gasteiger partial charge in [0.15, 0.2) is 5.78 Å². The Hall–Kier alpha value is -1.77. The third-order valence-electron chi connectivity index (χ3n) is 1.69. The van der Waals surface area contributed by atoms with Crippen molar-refractivity contribution in [2.24, 2.45) is 0 Å². The van der Waals surface area contributed by atoms with E-state index in [4.69, 9.17) is 0 Å². The van der Waals surface area contributed by atoms with Gasteiger partial charge < -0.3 is 10.2 Å². The second-order valence-electron chi connectivity index (χ2n) is 3.26. The third-order valence-corrected chi connectivity index (χ3v) is 1.69. The van der Waals surface area contributed by atoms with Crippen LogP contribution in [0.15, 0.2) is 29.8 Å². The summed E-state index contributed by atoms with van der Waals surface area (Å²) in [6.45, 7) is 3.55. The topological polar surface area (TPSA) is 57.5 Å². The first-order valence-corrected chi connectivity index (χ1v) is 4.22. The molecular formula is C11H12O3. The van der Waals surface area contributed by atoms with Crippen LogP contribution >= 0.6 is 0 Å². The molecule has 0 amide bonds. The predicted octanol–water partition coefficient (Wildman–Crippen LogP) is 2.25. The van der Waals surface area contributed by atoms with Crippen molar-refractivity contribution in [1.29, 1.82) is 0 Å². The van der Waals surface area contributed by atoms with Crippen LogP contribution < -0.4 is 0 Å². The Morgan fingerprint density at radius 2 is 1.71 bits per heavy atom. The van der Waals surface area contributed by atoms with Gasteiger partial charge in [0, 0.05) is 0 Å². The van der Waals surface area contributed by atoms with Crippen LogP contribution in [0, 0.1) is 0 Å². The number of rotatable bonds is 2. The van der Waals surface area contributed by atoms with Gasteiger partial charge in [-0.15, -0.1) is 0 Å². The average Bonchev–Trinajstić information content (AvgIpc) is 2.01. The maximum atomic E-state index is 11.5. The van der Waals surface area contributed by atoms with Crippen LogP contribution in [0.5, 0.6) is 11.5 Å². The summed E-state index contributed by atoms with van der Waals surface area (Å²) in [7, 11) is 0. The number of ketones is 1. The van der Waals surface area contributed by atoms with Crippen LogP contribution in [0.25, 0.3) is 0 Å². The van der Waals surface area contributed by atoms with E-state index >= 15 is 0 Å². The van der Waals surface area contributed by atoms with E-state index in [2.05, 4.69) is 0 Å². The van der Waals surface area contributed by atoms with Crippen LogP contribution in [0.2, 0.25) is 0 Å². The minimum Gasteiger partial charge on any atom is -0.507 e. The third kappa shape index (κ3) is 2.13. The molecule has 3 nitrogen and oxygen atoms in total. The lowest BCUT2D eigenvalue weighted by Gasteiger charge is -2.03. The first-order chi connectivity index (χ1) is 6.52. The van der Waals surface area contributed by atoms with Crippen molar-refractivity contribution < 1.29 is 15.0 Å². The number of hydrogen-bond donors (Lipinski definition) is 2. The van der Waals surface area contributed by atoms with E-state index in [9.17, 15) is 15.0 Å². The minimum atomic E-state index is -0.388. The summed E-state index contributed by atoms with van der Waals surface area (Å²) in [5.41, 5.74) is 0.770. The van der Waals surface area contributed by atoms with Gasteiger partial charge in [0.05, 0.1) is 0 Å². The van der Waals surface area contributed by atoms with Gasteiger partial charge in [-0.25, -0.2) is 0 Å². The van der Waals surface area contributed by atoms with Crippen molar-refractivity contribution in [2.45, 2.75) is 13.8 Å². The lowest BCUT2D eigenvalue weighted by Crippen LogP contribution is -1.96. The molecule has 2 N–H and O–H groups in total. The Morgan fingerprint density at radius 1 is 1.21 bits per heavy atom. The molecule has 1 aromatic carbocycles. The summed E-state index contributed by atoms with van der Waals surface area (Å²) in [4.78, 5) is 11.5. The Labute approximate surface area is 82.3 Å². The summed E-state index contributed by atoms with van der Waals surface area (Å²) in [5.74, 6) is -0.791. The smallest absolute Gasteiger partial charge is 0.193 e. The summed E-state index contributed by atoms with van der Waals surface area (Å²) in [6.07, 6.45) is 1.37. The first-order valence-electron chi connectivity index (χ1n) is 4.22. The van der Waals surface area contributed by atoms with E-state index in [1.54, 1.807) is 13.8 Å². The molecule has 0 spiro atoms. The molecule has 3 heteroatoms. The van der Waals surface area contributed by atoms with Crippen molar-refractivity contribution in [3.8, 4) is 11.5 Å². The number of carbonyl (C=O) groups is 1. The molecule has 1 rings (SSSR count). The number of phenolic OH excluding ortho intramolecular Hbond substituents is 2. The highest BCUT2D eigenvalue weighted by Crippen LogP contribution is 2.27. The largest absolute Gasteiger partial charge is 0.507 e. The van der Waals surface area contributed by atoms with Gasteiger partial charge in [0.1, 0.15) is 17.1 Å². The molecule has 0 aromatic heterocycles. The summed E-state index contributed by atoms with van der Waals surface area (Å²) < 4.78 is 0. The van der Waals surface area contributed by atoms with Crippen LogP contribution in [0.1, 0.15) is 24.2 Å². The van der Waals surface area contributed by atoms with Crippen LogP contribution in [-0.4, -0.2) is 16.0 Å². The molecule has 0 fully saturated rings. The molecule has 0 aliphatic rings. The number of carbonyl (C=O) groups excluding carboxylic acids is 1. The van der Waals surface area contributed by atoms with E-state index < -0.39 is 0 Å². The molecule has 0 atom stereocenters. The Morgan fingerprint density at radius 3 is 2.14 bits per heavy atom. The number of allylic oxidation sites excluding steroid dienone is 2. The van der Waals surface area contributed by atoms with E-state index in [1.165, 1.54) is 24.3 Å². The molecule has 1 aromatic rings. The van der Waals surface area contributed by atoms with Crippen molar-refractivity contribution in [3.63, 3.8) is 0 Å². The Bertz CT molecular complexity index is 367. The van der Waals surface area contributed by atoms with Gasteiger partial charge in [0.25, 0.3) is 0 Å². The van der Waals surface area contributed by atoms with Gasteiger partial charge in [-0.3, -0.25) is 4.79 Å². The quantitative estimate of drug-likeness (QED) is 0.558. The fourth-order valence-corrected chi connectivity index (χ4v) is 1.12. The van der Waals surface area contributed by atoms with Crippen molar-refractivity contribution in [2.75, 3.05) is 0 Å². The number of aromatic hydroxyl groups is 2. The predicted molar refractivity (Wildman–Crippen MR) is 53.5 cm³/mol. The van der Waals surface area contributed by atoms with E-state index in [0.717, 1.165) is 5.57 Å². The van der Waals surface area contributed by atoms with E-state index in [-0.39, 0.29) is 22.8 Å². The van der Waals surface area contributed by atoms with Crippen molar-refractivity contribution >= 4 is 5.78 Å². The van der Waals surface area contributed by atoms with Gasteiger partial charge in [-0.2, -0.15) is 0 Å². The summed E-state index contributed by atoms with van der Waals surface area (Å²) >= 11 is 0. The Balaban J connectivity index is 3.19. The molecule has 0 bridgehead atoms. The summed E-state index contributed by atoms with van der Waals surface area (Å²) in [6, 6.07) is 4.21. The fraction of sp³-hybridized carbons (Fsp3) is 0.182. The first kappa shape index (κ1) is 10.3. The van der Waals surface area contributed by atoms with Gasteiger partial charge in [0.2, 0.25) is 0 Å². The highest BCUT2D eigenvalue weighted by Gasteiger charge is 2.13. The molecule has 0 saturated carbocycles. The van der Waals surface area contributed by atoms with Crippen molar-refractivity contribution in [3.05, 3.63) is 35.4 Å². The number of benzene rings is 1. The zero-order valence-electron chi connectivity index (χ0n) is 8.11. The van der Waals surface area contributed by atoms with Crippen LogP contribution in [-0.2, 0) is 0 Å². The zero-order valence-corrected chi connectivity index (χ0v) is 8.11. The molecule has 0 heterocycles. The highest BCUT2D eigenvalue weighted by molar-refractivity contribution is 6.08. The molecular weight excluding hydrogens is 180 g/mol. The fourth-order valence-electron chi connectivity index (χ4n) is 1.12. The maximum absolute atomic E-state index is 11.5. The van der Waals surface area contributed by atoms with E-state index in [0.29, 0.717) is 0 Å². The van der Waals surface area contributed by atoms with Crippen LogP contribution in [0.4, 0.5) is 0 Å². The molecule has 0 radical (unpaired) electrons. The monoisotopic (exact) mass is 192 g/mol. The van der Waals surface area contributed by atoms with Gasteiger partial charge in [-0.05, 0) is 32.1 Å². The molecule has 74 valence electrons. The highest BCUT2D eigenvalue weighted by atomic mass is 16.3. The molecule has 0 unspecified atom stereocenters. The van der Waals surface area contributed by atoms with Crippen LogP contribution in [0.3, 0.4) is 0 Å². The zero-order chi connectivity index (χ0) is 10.7. The lowest BCUT2D eigenvalue weighted by atomic mass is 10.1. The number of phenols is 2. The maximum Gasteiger partial charge on any atom is 0.193 e. The molecule has 0 aliphatic carbocycles. The molecule has 14 heavy (non-hydrogen) atoms. The molecule has 0 aliphatic heterocycles. The molecule has 0 saturated heterocycles. The number of hydrogen-bond acceptors (Lipinski definition) is 3. The van der Waals surface area contributed by atoms with Gasteiger partial charge in [-0.1, -0.05) is 11.6 Å².